The van der Waals surface area contributed by atoms with Crippen molar-refractivity contribution in [3.05, 3.63) is 42.3 Å². The Hall–Kier alpha value is -2.38. The topological polar surface area (TPSA) is 74.9 Å². The molecule has 7 nitrogen and oxygen atoms in total. The maximum atomic E-state index is 5.60. The van der Waals surface area contributed by atoms with E-state index in [-0.39, 0.29) is 0 Å². The van der Waals surface area contributed by atoms with E-state index >= 15 is 0 Å². The Kier molecular flexibility index (Phi) is 7.45. The van der Waals surface area contributed by atoms with Gasteiger partial charge in [-0.15, -0.1) is 0 Å². The number of hydrogen-bond donors (Lipinski definition) is 2. The molecule has 0 bridgehead atoms. The summed E-state index contributed by atoms with van der Waals surface area (Å²) in [5, 5.41) is 6.78. The molecule has 1 aromatic carbocycles. The van der Waals surface area contributed by atoms with E-state index in [0.717, 1.165) is 50.1 Å². The van der Waals surface area contributed by atoms with Crippen LogP contribution in [0.3, 0.4) is 0 Å². The highest BCUT2D eigenvalue weighted by molar-refractivity contribution is 5.79. The van der Waals surface area contributed by atoms with Gasteiger partial charge < -0.3 is 19.8 Å². The molecule has 28 heavy (non-hydrogen) atoms. The molecule has 2 aromatic rings. The standard InChI is InChI=1S/C21H31N5O2/c1-16(2)19(26-9-11-27-12-10-26)14-24-21(22-3)23-13-18-15-28-20(25-18)17-7-5-4-6-8-17/h4-8,15-16,19H,9-14H2,1-3H3,(H2,22,23,24). The lowest BCUT2D eigenvalue weighted by Crippen LogP contribution is -2.52. The van der Waals surface area contributed by atoms with Crippen molar-refractivity contribution in [3.63, 3.8) is 0 Å². The fourth-order valence-electron chi connectivity index (χ4n) is 3.39. The van der Waals surface area contributed by atoms with Crippen molar-refractivity contribution < 1.29 is 9.15 Å². The van der Waals surface area contributed by atoms with E-state index in [4.69, 9.17) is 9.15 Å². The molecule has 0 amide bonds. The van der Waals surface area contributed by atoms with Gasteiger partial charge in [0.05, 0.1) is 25.5 Å². The predicted octanol–water partition coefficient (Wildman–Crippen LogP) is 2.36. The Morgan fingerprint density at radius 3 is 2.61 bits per heavy atom. The zero-order valence-electron chi connectivity index (χ0n) is 17.0. The number of guanidine groups is 1. The Labute approximate surface area is 167 Å². The summed E-state index contributed by atoms with van der Waals surface area (Å²) in [6.45, 7) is 9.51. The van der Waals surface area contributed by atoms with Gasteiger partial charge in [-0.1, -0.05) is 32.0 Å². The van der Waals surface area contributed by atoms with Crippen molar-refractivity contribution in [1.82, 2.24) is 20.5 Å². The molecule has 7 heteroatoms. The van der Waals surface area contributed by atoms with Crippen LogP contribution in [0.15, 0.2) is 46.0 Å². The van der Waals surface area contributed by atoms with Crippen molar-refractivity contribution in [1.29, 1.82) is 0 Å². The Morgan fingerprint density at radius 1 is 1.18 bits per heavy atom. The first-order valence-corrected chi connectivity index (χ1v) is 9.93. The quantitative estimate of drug-likeness (QED) is 0.563. The fraction of sp³-hybridized carbons (Fsp3) is 0.524. The number of ether oxygens (including phenoxy) is 1. The number of aromatic nitrogens is 1. The summed E-state index contributed by atoms with van der Waals surface area (Å²) in [7, 11) is 1.78. The third-order valence-corrected chi connectivity index (χ3v) is 5.00. The molecule has 0 aliphatic carbocycles. The van der Waals surface area contributed by atoms with Crippen molar-refractivity contribution >= 4 is 5.96 Å². The highest BCUT2D eigenvalue weighted by Crippen LogP contribution is 2.17. The summed E-state index contributed by atoms with van der Waals surface area (Å²) >= 11 is 0. The summed E-state index contributed by atoms with van der Waals surface area (Å²) in [5.41, 5.74) is 1.82. The van der Waals surface area contributed by atoms with Gasteiger partial charge in [0.15, 0.2) is 5.96 Å². The molecule has 1 aromatic heterocycles. The second kappa shape index (κ2) is 10.2. The summed E-state index contributed by atoms with van der Waals surface area (Å²) in [6.07, 6.45) is 1.69. The molecule has 1 fully saturated rings. The molecule has 2 heterocycles. The lowest BCUT2D eigenvalue weighted by molar-refractivity contribution is 0.00752. The average Bonchev–Trinajstić information content (AvgIpc) is 3.21. The molecule has 2 N–H and O–H groups in total. The first-order chi connectivity index (χ1) is 13.7. The highest BCUT2D eigenvalue weighted by Gasteiger charge is 2.23. The number of aliphatic imine (C=N–C) groups is 1. The van der Waals surface area contributed by atoms with Gasteiger partial charge in [-0.2, -0.15) is 0 Å². The average molecular weight is 386 g/mol. The van der Waals surface area contributed by atoms with Crippen LogP contribution in [0.1, 0.15) is 19.5 Å². The van der Waals surface area contributed by atoms with E-state index in [0.29, 0.717) is 24.4 Å². The van der Waals surface area contributed by atoms with Gasteiger partial charge in [-0.3, -0.25) is 9.89 Å². The van der Waals surface area contributed by atoms with Gasteiger partial charge in [-0.25, -0.2) is 4.98 Å². The number of morpholine rings is 1. The van der Waals surface area contributed by atoms with Crippen LogP contribution < -0.4 is 10.6 Å². The largest absolute Gasteiger partial charge is 0.444 e. The van der Waals surface area contributed by atoms with E-state index in [9.17, 15) is 0 Å². The lowest BCUT2D eigenvalue weighted by atomic mass is 10.0. The molecule has 1 aliphatic heterocycles. The Balaban J connectivity index is 1.51. The lowest BCUT2D eigenvalue weighted by Gasteiger charge is -2.37. The maximum Gasteiger partial charge on any atom is 0.226 e. The van der Waals surface area contributed by atoms with Crippen LogP contribution >= 0.6 is 0 Å². The van der Waals surface area contributed by atoms with Gasteiger partial charge in [0.1, 0.15) is 6.26 Å². The monoisotopic (exact) mass is 385 g/mol. The second-order valence-corrected chi connectivity index (χ2v) is 7.28. The number of nitrogens with zero attached hydrogens (tertiary/aromatic N) is 3. The van der Waals surface area contributed by atoms with Gasteiger partial charge in [-0.05, 0) is 18.1 Å². The van der Waals surface area contributed by atoms with Crippen LogP contribution in [0.2, 0.25) is 0 Å². The Bertz CT molecular complexity index is 738. The van der Waals surface area contributed by atoms with E-state index in [1.54, 1.807) is 13.3 Å². The van der Waals surface area contributed by atoms with Crippen molar-refractivity contribution in [2.24, 2.45) is 10.9 Å². The van der Waals surface area contributed by atoms with Gasteiger partial charge >= 0.3 is 0 Å². The van der Waals surface area contributed by atoms with Gasteiger partial charge in [0, 0.05) is 38.3 Å². The molecular weight excluding hydrogens is 354 g/mol. The van der Waals surface area contributed by atoms with E-state index in [1.807, 2.05) is 30.3 Å². The minimum Gasteiger partial charge on any atom is -0.444 e. The number of nitrogens with one attached hydrogen (secondary N) is 2. The normalized spacial score (nSPS) is 16.9. The minimum atomic E-state index is 0.444. The Morgan fingerprint density at radius 2 is 1.93 bits per heavy atom. The summed E-state index contributed by atoms with van der Waals surface area (Å²) in [4.78, 5) is 11.4. The van der Waals surface area contributed by atoms with Gasteiger partial charge in [0.25, 0.3) is 0 Å². The van der Waals surface area contributed by atoms with Crippen LogP contribution in [0, 0.1) is 5.92 Å². The molecule has 1 saturated heterocycles. The van der Waals surface area contributed by atoms with Crippen LogP contribution in [-0.4, -0.2) is 61.8 Å². The molecule has 0 spiro atoms. The molecule has 0 radical (unpaired) electrons. The third-order valence-electron chi connectivity index (χ3n) is 5.00. The molecular formula is C21H31N5O2. The van der Waals surface area contributed by atoms with E-state index in [1.165, 1.54) is 0 Å². The third kappa shape index (κ3) is 5.56. The summed E-state index contributed by atoms with van der Waals surface area (Å²) in [5.74, 6) is 1.95. The predicted molar refractivity (Wildman–Crippen MR) is 111 cm³/mol. The van der Waals surface area contributed by atoms with Gasteiger partial charge in [0.2, 0.25) is 5.89 Å². The zero-order chi connectivity index (χ0) is 19.8. The van der Waals surface area contributed by atoms with Crippen molar-refractivity contribution in [3.8, 4) is 11.5 Å². The smallest absolute Gasteiger partial charge is 0.226 e. The highest BCUT2D eigenvalue weighted by atomic mass is 16.5. The number of hydrogen-bond acceptors (Lipinski definition) is 5. The number of oxazole rings is 1. The van der Waals surface area contributed by atoms with Crippen LogP contribution in [0.25, 0.3) is 11.5 Å². The van der Waals surface area contributed by atoms with Crippen LogP contribution in [0.4, 0.5) is 0 Å². The molecule has 1 aliphatic rings. The fourth-order valence-corrected chi connectivity index (χ4v) is 3.39. The van der Waals surface area contributed by atoms with Crippen LogP contribution in [0.5, 0.6) is 0 Å². The number of rotatable bonds is 7. The van der Waals surface area contributed by atoms with E-state index < -0.39 is 0 Å². The second-order valence-electron chi connectivity index (χ2n) is 7.28. The minimum absolute atomic E-state index is 0.444. The molecule has 0 saturated carbocycles. The molecule has 1 unspecified atom stereocenters. The summed E-state index contributed by atoms with van der Waals surface area (Å²) < 4.78 is 11.1. The van der Waals surface area contributed by atoms with Crippen molar-refractivity contribution in [2.75, 3.05) is 39.9 Å². The SMILES string of the molecule is CN=C(NCc1coc(-c2ccccc2)n1)NCC(C(C)C)N1CCOCC1. The number of benzene rings is 1. The first kappa shape index (κ1) is 20.4. The zero-order valence-corrected chi connectivity index (χ0v) is 17.0. The molecule has 152 valence electrons. The molecule has 3 rings (SSSR count). The van der Waals surface area contributed by atoms with Crippen molar-refractivity contribution in [2.45, 2.75) is 26.4 Å². The van der Waals surface area contributed by atoms with E-state index in [2.05, 4.69) is 39.4 Å². The maximum absolute atomic E-state index is 5.60. The van der Waals surface area contributed by atoms with Crippen LogP contribution in [-0.2, 0) is 11.3 Å². The molecule has 1 atom stereocenters. The first-order valence-electron chi connectivity index (χ1n) is 9.93. The summed E-state index contributed by atoms with van der Waals surface area (Å²) in [6, 6.07) is 10.3.